The van der Waals surface area contributed by atoms with E-state index in [4.69, 9.17) is 0 Å². The molecule has 6 aliphatic carbocycles. The Labute approximate surface area is 225 Å². The highest BCUT2D eigenvalue weighted by Crippen LogP contribution is 2.72. The molecule has 0 aromatic heterocycles. The van der Waals surface area contributed by atoms with Crippen molar-refractivity contribution in [2.45, 2.75) is 184 Å². The number of hydrogen-bond acceptors (Lipinski definition) is 1. The molecule has 0 aromatic rings. The van der Waals surface area contributed by atoms with Crippen LogP contribution < -0.4 is 5.32 Å². The van der Waals surface area contributed by atoms with Gasteiger partial charge in [0.05, 0.1) is 0 Å². The molecule has 0 atom stereocenters. The summed E-state index contributed by atoms with van der Waals surface area (Å²) in [6.07, 6.45) is 35.7. The van der Waals surface area contributed by atoms with Crippen molar-refractivity contribution in [3.05, 3.63) is 0 Å². The van der Waals surface area contributed by atoms with Crippen LogP contribution in [0.5, 0.6) is 0 Å². The molecule has 2 nitrogen and oxygen atoms in total. The molecule has 0 spiro atoms. The van der Waals surface area contributed by atoms with Gasteiger partial charge in [0.2, 0.25) is 7.28 Å². The minimum atomic E-state index is 0.218. The lowest BCUT2D eigenvalue weighted by atomic mass is 9.34. The van der Waals surface area contributed by atoms with Gasteiger partial charge in [0.25, 0.3) is 0 Å². The fourth-order valence-corrected chi connectivity index (χ4v) is 9.83. The molecule has 0 heterocycles. The van der Waals surface area contributed by atoms with Crippen LogP contribution in [0.1, 0.15) is 161 Å². The quantitative estimate of drug-likeness (QED) is 0.368. The largest absolute Gasteiger partial charge is 0.360 e. The average Bonchev–Trinajstić information content (AvgIpc) is 2.78. The zero-order valence-corrected chi connectivity index (χ0v) is 23.8. The first-order valence-electron chi connectivity index (χ1n) is 17.0. The van der Waals surface area contributed by atoms with Crippen LogP contribution in [0.3, 0.4) is 0 Å². The monoisotopic (exact) mass is 493 g/mol. The molecule has 0 aliphatic heterocycles. The molecule has 6 fully saturated rings. The molecule has 36 heavy (non-hydrogen) atoms. The van der Waals surface area contributed by atoms with Gasteiger partial charge < -0.3 is 5.32 Å². The number of carbonyl (C=O) groups is 1. The Hall–Kier alpha value is -0.400. The van der Waals surface area contributed by atoms with Crippen LogP contribution in [0, 0.1) is 11.3 Å². The van der Waals surface area contributed by atoms with E-state index in [1.54, 1.807) is 7.28 Å². The Morgan fingerprint density at radius 2 is 0.944 bits per heavy atom. The van der Waals surface area contributed by atoms with Crippen molar-refractivity contribution in [3.63, 3.8) is 0 Å². The molecular formula is C32H57B2NO. The molecule has 2 bridgehead atoms. The Morgan fingerprint density at radius 1 is 0.528 bits per heavy atom. The van der Waals surface area contributed by atoms with E-state index < -0.39 is 0 Å². The minimum absolute atomic E-state index is 0.218. The van der Waals surface area contributed by atoms with Gasteiger partial charge in [0.15, 0.2) is 5.81 Å². The minimum Gasteiger partial charge on any atom is -0.360 e. The second-order valence-electron chi connectivity index (χ2n) is 14.7. The Balaban J connectivity index is 1.01. The van der Waals surface area contributed by atoms with Gasteiger partial charge in [-0.15, -0.1) is 0 Å². The summed E-state index contributed by atoms with van der Waals surface area (Å²) in [5.74, 6) is 4.06. The van der Waals surface area contributed by atoms with Gasteiger partial charge in [0.1, 0.15) is 7.28 Å². The number of amides is 1. The van der Waals surface area contributed by atoms with Gasteiger partial charge in [-0.3, -0.25) is 4.79 Å². The molecule has 1 amide bonds. The number of hydrogen-bond donors (Lipinski definition) is 1. The third-order valence-electron chi connectivity index (χ3n) is 11.8. The van der Waals surface area contributed by atoms with Crippen molar-refractivity contribution in [1.29, 1.82) is 0 Å². The summed E-state index contributed by atoms with van der Waals surface area (Å²) < 4.78 is 0. The Morgan fingerprint density at radius 3 is 1.44 bits per heavy atom. The van der Waals surface area contributed by atoms with Crippen molar-refractivity contribution in [3.8, 4) is 0 Å². The summed E-state index contributed by atoms with van der Waals surface area (Å²) in [4.78, 5) is 13.0. The van der Waals surface area contributed by atoms with Crippen LogP contribution in [-0.2, 0) is 0 Å². The predicted molar refractivity (Wildman–Crippen MR) is 158 cm³/mol. The van der Waals surface area contributed by atoms with E-state index in [2.05, 4.69) is 5.32 Å². The molecular weight excluding hydrogens is 436 g/mol. The van der Waals surface area contributed by atoms with E-state index in [1.165, 1.54) is 161 Å². The number of nitrogens with one attached hydrogen (secondary N) is 1. The van der Waals surface area contributed by atoms with Gasteiger partial charge in [-0.1, -0.05) is 146 Å². The molecule has 202 valence electrons. The summed E-state index contributed by atoms with van der Waals surface area (Å²) in [6.45, 7) is 0. The number of carbonyl (C=O) groups excluding carboxylic acids is 1. The Kier molecular flexibility index (Phi) is 9.89. The summed E-state index contributed by atoms with van der Waals surface area (Å²) in [7, 11) is 2.35. The van der Waals surface area contributed by atoms with Crippen LogP contribution in [0.25, 0.3) is 0 Å². The Bertz CT molecular complexity index is 648. The SMILES string of the molecule is O=C(BC1CCCCCCCCC1)NC12CC(C3CCCC(BC4CCCCCCC4)CCC3)(C1)C2. The highest BCUT2D eigenvalue weighted by Gasteiger charge is 2.70. The highest BCUT2D eigenvalue weighted by molar-refractivity contribution is 6.74. The van der Waals surface area contributed by atoms with E-state index in [0.717, 1.165) is 24.8 Å². The van der Waals surface area contributed by atoms with Gasteiger partial charge in [-0.05, 0) is 43.4 Å². The van der Waals surface area contributed by atoms with E-state index in [1.807, 2.05) is 0 Å². The molecule has 4 heteroatoms. The standard InChI is InChI=1S/C32H57B2NO/c36-30(34-29-19-11-5-2-1-3-6-12-20-29)35-32-23-31(24-32,25-32)26-15-13-21-28(22-14-16-26)33-27-17-9-7-4-8-10-18-27/h26-29,33-34H,1-25H2,(H,35,36). The maximum atomic E-state index is 13.0. The maximum Gasteiger partial charge on any atom is 0.237 e. The summed E-state index contributed by atoms with van der Waals surface area (Å²) in [5, 5.41) is 3.58. The molecule has 1 N–H and O–H groups in total. The summed E-state index contributed by atoms with van der Waals surface area (Å²) in [6, 6.07) is 0. The van der Waals surface area contributed by atoms with Crippen molar-refractivity contribution in [2.24, 2.45) is 11.3 Å². The lowest BCUT2D eigenvalue weighted by Gasteiger charge is -2.74. The topological polar surface area (TPSA) is 29.1 Å². The molecule has 0 aromatic carbocycles. The van der Waals surface area contributed by atoms with Crippen LogP contribution >= 0.6 is 0 Å². The highest BCUT2D eigenvalue weighted by atomic mass is 16.1. The second-order valence-corrected chi connectivity index (χ2v) is 14.7. The van der Waals surface area contributed by atoms with Crippen molar-refractivity contribution in [1.82, 2.24) is 5.32 Å². The third-order valence-corrected chi connectivity index (χ3v) is 11.8. The van der Waals surface area contributed by atoms with Crippen LogP contribution in [-0.4, -0.2) is 25.9 Å². The fraction of sp³-hybridized carbons (Fsp3) is 0.969. The third kappa shape index (κ3) is 7.16. The first kappa shape index (κ1) is 27.2. The van der Waals surface area contributed by atoms with Crippen molar-refractivity contribution < 1.29 is 4.79 Å². The van der Waals surface area contributed by atoms with E-state index in [-0.39, 0.29) is 5.54 Å². The van der Waals surface area contributed by atoms with Crippen molar-refractivity contribution in [2.75, 3.05) is 0 Å². The van der Waals surface area contributed by atoms with Gasteiger partial charge in [-0.2, -0.15) is 0 Å². The zero-order chi connectivity index (χ0) is 24.7. The van der Waals surface area contributed by atoms with Crippen LogP contribution in [0.4, 0.5) is 4.79 Å². The van der Waals surface area contributed by atoms with E-state index in [0.29, 0.717) is 17.0 Å². The van der Waals surface area contributed by atoms with Gasteiger partial charge in [-0.25, -0.2) is 0 Å². The number of rotatable bonds is 6. The predicted octanol–water partition coefficient (Wildman–Crippen LogP) is 9.10. The molecule has 6 aliphatic rings. The summed E-state index contributed by atoms with van der Waals surface area (Å²) in [5.41, 5.74) is 0.840. The average molecular weight is 493 g/mol. The molecule has 0 unspecified atom stereocenters. The zero-order valence-electron chi connectivity index (χ0n) is 23.8. The van der Waals surface area contributed by atoms with Crippen LogP contribution in [0.15, 0.2) is 0 Å². The fourth-order valence-electron chi connectivity index (χ4n) is 9.83. The summed E-state index contributed by atoms with van der Waals surface area (Å²) >= 11 is 0. The molecule has 0 saturated heterocycles. The lowest BCUT2D eigenvalue weighted by Crippen LogP contribution is -2.76. The lowest BCUT2D eigenvalue weighted by molar-refractivity contribution is -0.188. The molecule has 6 rings (SSSR count). The molecule has 0 radical (unpaired) electrons. The van der Waals surface area contributed by atoms with Crippen molar-refractivity contribution >= 4 is 20.4 Å². The normalized spacial score (nSPS) is 37.6. The first-order valence-corrected chi connectivity index (χ1v) is 17.0. The second kappa shape index (κ2) is 13.1. The van der Waals surface area contributed by atoms with Gasteiger partial charge in [0, 0.05) is 5.54 Å². The first-order chi connectivity index (χ1) is 17.6. The van der Waals surface area contributed by atoms with E-state index >= 15 is 0 Å². The van der Waals surface area contributed by atoms with Crippen LogP contribution in [0.2, 0.25) is 17.5 Å². The van der Waals surface area contributed by atoms with Gasteiger partial charge >= 0.3 is 0 Å². The maximum absolute atomic E-state index is 13.0. The molecule has 6 saturated carbocycles. The van der Waals surface area contributed by atoms with E-state index in [9.17, 15) is 4.79 Å². The smallest absolute Gasteiger partial charge is 0.237 e.